The molecule has 2 atom stereocenters. The van der Waals surface area contributed by atoms with Gasteiger partial charge in [0.15, 0.2) is 0 Å². The number of nitrogens with two attached hydrogens (primary N) is 3. The van der Waals surface area contributed by atoms with Crippen LogP contribution in [0.2, 0.25) is 0 Å². The Kier molecular flexibility index (Phi) is 8.75. The first-order valence-corrected chi connectivity index (χ1v) is 14.1. The van der Waals surface area contributed by atoms with Crippen LogP contribution in [0.5, 0.6) is 0 Å². The number of piperidine rings is 1. The van der Waals surface area contributed by atoms with Crippen LogP contribution in [-0.4, -0.2) is 66.1 Å². The molecule has 0 spiro atoms. The molecule has 2 fully saturated rings. The molecule has 3 heterocycles. The van der Waals surface area contributed by atoms with Crippen LogP contribution < -0.4 is 17.2 Å². The lowest BCUT2D eigenvalue weighted by Gasteiger charge is -2.21. The van der Waals surface area contributed by atoms with Gasteiger partial charge in [-0.3, -0.25) is 0 Å². The summed E-state index contributed by atoms with van der Waals surface area (Å²) >= 11 is 0. The highest BCUT2D eigenvalue weighted by molar-refractivity contribution is 5.62. The molecule has 1 aliphatic heterocycles. The van der Waals surface area contributed by atoms with E-state index in [0.717, 1.165) is 53.2 Å². The molecule has 6 N–H and O–H groups in total. The Balaban J connectivity index is 0.000000176. The van der Waals surface area contributed by atoms with E-state index in [9.17, 15) is 0 Å². The standard InChI is InChI=1S/C20H26N4.C13H15N3/c1-23(2)20-16-12-24(13-17(16)20)11-10-14-6-8-15(9-7-14)18-4-3-5-19(21)22-18;14-9-8-10-4-6-11(7-5-10)12-2-1-3-13(15)16-12/h3-9,16-17,20H,10-13H2,1-2H3,(H2,21,22);1-7H,8-9,14H2,(H2,15,16). The molecule has 2 aliphatic rings. The molecule has 1 saturated carbocycles. The minimum Gasteiger partial charge on any atom is -0.384 e. The van der Waals surface area contributed by atoms with Crippen LogP contribution in [0.4, 0.5) is 11.6 Å². The SMILES string of the molecule is CN(C)C1C2CN(CCc3ccc(-c4cccc(N)n4)cc3)CC21.NCCc1ccc(-c2cccc(N)n2)cc1. The minimum atomic E-state index is 0.545. The Morgan fingerprint density at radius 3 is 1.60 bits per heavy atom. The summed E-state index contributed by atoms with van der Waals surface area (Å²) in [6.07, 6.45) is 2.03. The highest BCUT2D eigenvalue weighted by Crippen LogP contribution is 2.47. The fourth-order valence-electron chi connectivity index (χ4n) is 5.89. The fraction of sp³-hybridized carbons (Fsp3) is 0.333. The third-order valence-corrected chi connectivity index (χ3v) is 8.01. The van der Waals surface area contributed by atoms with Crippen LogP contribution in [0.1, 0.15) is 11.1 Å². The van der Waals surface area contributed by atoms with Gasteiger partial charge in [0.25, 0.3) is 0 Å². The normalized spacial score (nSPS) is 19.6. The predicted molar refractivity (Wildman–Crippen MR) is 166 cm³/mol. The quantitative estimate of drug-likeness (QED) is 0.310. The van der Waals surface area contributed by atoms with Crippen LogP contribution in [-0.2, 0) is 12.8 Å². The second-order valence-electron chi connectivity index (χ2n) is 11.1. The summed E-state index contributed by atoms with van der Waals surface area (Å²) < 4.78 is 0. The molecule has 2 aromatic carbocycles. The Bertz CT molecular complexity index is 1370. The number of rotatable bonds is 8. The molecule has 40 heavy (non-hydrogen) atoms. The van der Waals surface area contributed by atoms with E-state index in [1.165, 1.54) is 30.8 Å². The highest BCUT2D eigenvalue weighted by Gasteiger charge is 2.56. The number of hydrogen-bond donors (Lipinski definition) is 3. The number of benzene rings is 2. The van der Waals surface area contributed by atoms with Crippen molar-refractivity contribution in [1.29, 1.82) is 0 Å². The van der Waals surface area contributed by atoms with E-state index in [-0.39, 0.29) is 0 Å². The van der Waals surface area contributed by atoms with E-state index in [1.54, 1.807) is 6.07 Å². The third-order valence-electron chi connectivity index (χ3n) is 8.01. The van der Waals surface area contributed by atoms with Gasteiger partial charge in [-0.05, 0) is 80.7 Å². The molecule has 0 bridgehead atoms. The molecule has 1 aliphatic carbocycles. The van der Waals surface area contributed by atoms with Crippen LogP contribution >= 0.6 is 0 Å². The number of fused-ring (bicyclic) bond motifs is 1. The summed E-state index contributed by atoms with van der Waals surface area (Å²) in [4.78, 5) is 13.7. The molecule has 0 amide bonds. The molecule has 6 rings (SSSR count). The van der Waals surface area contributed by atoms with E-state index >= 15 is 0 Å². The molecule has 0 radical (unpaired) electrons. The lowest BCUT2D eigenvalue weighted by molar-refractivity contribution is 0.252. The molecule has 4 aromatic rings. The molecule has 2 aromatic heterocycles. The Morgan fingerprint density at radius 2 is 1.18 bits per heavy atom. The van der Waals surface area contributed by atoms with Gasteiger partial charge >= 0.3 is 0 Å². The molecule has 1 saturated heterocycles. The Morgan fingerprint density at radius 1 is 0.700 bits per heavy atom. The average Bonchev–Trinajstić information content (AvgIpc) is 3.48. The van der Waals surface area contributed by atoms with Crippen molar-refractivity contribution in [2.75, 3.05) is 51.7 Å². The third kappa shape index (κ3) is 6.86. The summed E-state index contributed by atoms with van der Waals surface area (Å²) in [5, 5.41) is 0. The van der Waals surface area contributed by atoms with Gasteiger partial charge in [-0.15, -0.1) is 0 Å². The van der Waals surface area contributed by atoms with Crippen molar-refractivity contribution < 1.29 is 0 Å². The second-order valence-corrected chi connectivity index (χ2v) is 11.1. The van der Waals surface area contributed by atoms with Crippen molar-refractivity contribution in [3.05, 3.63) is 96.1 Å². The molecule has 7 heteroatoms. The summed E-state index contributed by atoms with van der Waals surface area (Å²) in [5.74, 6) is 2.94. The van der Waals surface area contributed by atoms with Gasteiger partial charge < -0.3 is 27.0 Å². The smallest absolute Gasteiger partial charge is 0.124 e. The van der Waals surface area contributed by atoms with Gasteiger partial charge in [0.05, 0.1) is 11.4 Å². The maximum Gasteiger partial charge on any atom is 0.124 e. The van der Waals surface area contributed by atoms with E-state index in [1.807, 2.05) is 42.5 Å². The minimum absolute atomic E-state index is 0.545. The molecule has 2 unspecified atom stereocenters. The highest BCUT2D eigenvalue weighted by atomic mass is 15.3. The number of likely N-dealkylation sites (tertiary alicyclic amines) is 1. The summed E-state index contributed by atoms with van der Waals surface area (Å²) in [6, 6.07) is 29.3. The lowest BCUT2D eigenvalue weighted by atomic mass is 10.1. The maximum atomic E-state index is 5.77. The largest absolute Gasteiger partial charge is 0.384 e. The van der Waals surface area contributed by atoms with Crippen LogP contribution in [0.3, 0.4) is 0 Å². The molecule has 7 nitrogen and oxygen atoms in total. The van der Waals surface area contributed by atoms with Crippen molar-refractivity contribution in [1.82, 2.24) is 19.8 Å². The van der Waals surface area contributed by atoms with Crippen molar-refractivity contribution in [2.45, 2.75) is 18.9 Å². The summed E-state index contributed by atoms with van der Waals surface area (Å²) in [7, 11) is 4.42. The number of anilines is 2. The zero-order chi connectivity index (χ0) is 28.1. The fourth-order valence-corrected chi connectivity index (χ4v) is 5.89. The van der Waals surface area contributed by atoms with Crippen LogP contribution in [0.25, 0.3) is 22.5 Å². The summed E-state index contributed by atoms with van der Waals surface area (Å²) in [6.45, 7) is 4.40. The monoisotopic (exact) mass is 535 g/mol. The number of pyridine rings is 2. The van der Waals surface area contributed by atoms with Gasteiger partial charge in [0, 0.05) is 36.8 Å². The second kappa shape index (κ2) is 12.6. The number of nitrogens with zero attached hydrogens (tertiary/aromatic N) is 4. The van der Waals surface area contributed by atoms with Gasteiger partial charge in [0.1, 0.15) is 11.6 Å². The zero-order valence-corrected chi connectivity index (χ0v) is 23.6. The van der Waals surface area contributed by atoms with E-state index in [2.05, 4.69) is 70.3 Å². The molecular weight excluding hydrogens is 494 g/mol. The van der Waals surface area contributed by atoms with E-state index in [4.69, 9.17) is 17.2 Å². The number of hydrogen-bond acceptors (Lipinski definition) is 7. The van der Waals surface area contributed by atoms with Crippen molar-refractivity contribution in [2.24, 2.45) is 17.6 Å². The first kappa shape index (κ1) is 27.8. The first-order valence-electron chi connectivity index (χ1n) is 14.1. The first-order chi connectivity index (χ1) is 19.4. The van der Waals surface area contributed by atoms with E-state index in [0.29, 0.717) is 18.2 Å². The average molecular weight is 536 g/mol. The van der Waals surface area contributed by atoms with Crippen LogP contribution in [0, 0.1) is 11.8 Å². The summed E-state index contributed by atoms with van der Waals surface area (Å²) in [5.41, 5.74) is 23.6. The predicted octanol–water partition coefficient (Wildman–Crippen LogP) is 4.20. The van der Waals surface area contributed by atoms with Crippen molar-refractivity contribution in [3.8, 4) is 22.5 Å². The number of nitrogen functional groups attached to an aromatic ring is 2. The molecular formula is C33H41N7. The van der Waals surface area contributed by atoms with Gasteiger partial charge in [-0.1, -0.05) is 60.7 Å². The topological polar surface area (TPSA) is 110 Å². The van der Waals surface area contributed by atoms with Crippen molar-refractivity contribution in [3.63, 3.8) is 0 Å². The van der Waals surface area contributed by atoms with Gasteiger partial charge in [0.2, 0.25) is 0 Å². The number of aromatic nitrogens is 2. The Hall–Kier alpha value is -3.78. The zero-order valence-electron chi connectivity index (χ0n) is 23.6. The van der Waals surface area contributed by atoms with Crippen LogP contribution in [0.15, 0.2) is 84.9 Å². The van der Waals surface area contributed by atoms with Crippen molar-refractivity contribution >= 4 is 11.6 Å². The van der Waals surface area contributed by atoms with Gasteiger partial charge in [-0.2, -0.15) is 0 Å². The maximum absolute atomic E-state index is 5.77. The Labute approximate surface area is 238 Å². The molecule has 208 valence electrons. The lowest BCUT2D eigenvalue weighted by Crippen LogP contribution is -2.32. The van der Waals surface area contributed by atoms with E-state index < -0.39 is 0 Å². The van der Waals surface area contributed by atoms with Gasteiger partial charge in [-0.25, -0.2) is 9.97 Å².